The SMILES string of the molecule is CC[N+](C)(CC)CCCNC1=CC=C(NC)C2C(=O)c3ccccc3C(=O)C12. The van der Waals surface area contributed by atoms with Gasteiger partial charge in [-0.1, -0.05) is 24.3 Å². The van der Waals surface area contributed by atoms with Gasteiger partial charge in [0.05, 0.1) is 38.5 Å². The fourth-order valence-electron chi connectivity index (χ4n) is 4.22. The molecule has 0 amide bonds. The van der Waals surface area contributed by atoms with E-state index in [9.17, 15) is 9.59 Å². The lowest BCUT2D eigenvalue weighted by Gasteiger charge is -2.36. The molecule has 2 aliphatic carbocycles. The lowest BCUT2D eigenvalue weighted by atomic mass is 9.69. The number of fused-ring (bicyclic) bond motifs is 2. The largest absolute Gasteiger partial charge is 0.391 e. The summed E-state index contributed by atoms with van der Waals surface area (Å²) in [4.78, 5) is 26.4. The fraction of sp³-hybridized carbons (Fsp3) is 0.478. The van der Waals surface area contributed by atoms with Crippen LogP contribution >= 0.6 is 0 Å². The van der Waals surface area contributed by atoms with Crippen molar-refractivity contribution in [3.05, 3.63) is 58.9 Å². The predicted octanol–water partition coefficient (Wildman–Crippen LogP) is 2.76. The molecule has 0 bridgehead atoms. The number of nitrogens with zero attached hydrogens (tertiary/aromatic N) is 1. The topological polar surface area (TPSA) is 58.2 Å². The Kier molecular flexibility index (Phi) is 6.04. The van der Waals surface area contributed by atoms with Crippen molar-refractivity contribution in [1.82, 2.24) is 10.6 Å². The van der Waals surface area contributed by atoms with Crippen LogP contribution in [0.4, 0.5) is 0 Å². The maximum Gasteiger partial charge on any atom is 0.173 e. The summed E-state index contributed by atoms with van der Waals surface area (Å²) in [6.07, 6.45) is 4.91. The van der Waals surface area contributed by atoms with E-state index in [0.717, 1.165) is 48.5 Å². The van der Waals surface area contributed by atoms with Gasteiger partial charge in [0.2, 0.25) is 0 Å². The zero-order chi connectivity index (χ0) is 20.3. The van der Waals surface area contributed by atoms with E-state index in [4.69, 9.17) is 0 Å². The first-order chi connectivity index (χ1) is 13.5. The third-order valence-corrected chi connectivity index (χ3v) is 6.49. The van der Waals surface area contributed by atoms with Gasteiger partial charge in [0.15, 0.2) is 11.6 Å². The van der Waals surface area contributed by atoms with Crippen molar-refractivity contribution in [1.29, 1.82) is 0 Å². The summed E-state index contributed by atoms with van der Waals surface area (Å²) in [7, 11) is 4.08. The molecular formula is C23H32N3O2+. The number of hydrogen-bond donors (Lipinski definition) is 2. The van der Waals surface area contributed by atoms with Gasteiger partial charge < -0.3 is 15.1 Å². The molecule has 0 spiro atoms. The van der Waals surface area contributed by atoms with Crippen LogP contribution in [0.2, 0.25) is 0 Å². The standard InChI is InChI=1S/C23H32N3O2/c1-5-26(4,6-2)15-9-14-25-19-13-12-18(24-3)20-21(19)23(28)17-11-8-7-10-16(17)22(20)27/h7-8,10-13,20-21,24-25H,5-6,9,14-15H2,1-4H3/q+1. The highest BCUT2D eigenvalue weighted by Crippen LogP contribution is 2.39. The highest BCUT2D eigenvalue weighted by Gasteiger charge is 2.46. The maximum atomic E-state index is 13.3. The molecule has 2 N–H and O–H groups in total. The molecule has 0 heterocycles. The zero-order valence-corrected chi connectivity index (χ0v) is 17.4. The molecule has 0 saturated carbocycles. The third kappa shape index (κ3) is 3.63. The van der Waals surface area contributed by atoms with Crippen molar-refractivity contribution in [2.24, 2.45) is 11.8 Å². The number of ketones is 2. The fourth-order valence-corrected chi connectivity index (χ4v) is 4.22. The van der Waals surface area contributed by atoms with Crippen molar-refractivity contribution in [3.8, 4) is 0 Å². The number of allylic oxidation sites excluding steroid dienone is 4. The Bertz CT molecular complexity index is 821. The van der Waals surface area contributed by atoms with Gasteiger partial charge in [-0.3, -0.25) is 9.59 Å². The third-order valence-electron chi connectivity index (χ3n) is 6.49. The molecule has 3 rings (SSSR count). The van der Waals surface area contributed by atoms with Gasteiger partial charge in [-0.15, -0.1) is 0 Å². The van der Waals surface area contributed by atoms with E-state index in [1.165, 1.54) is 0 Å². The molecule has 2 unspecified atom stereocenters. The number of Topliss-reactive ketones (excluding diaryl/α,β-unsaturated/α-hetero) is 2. The summed E-state index contributed by atoms with van der Waals surface area (Å²) >= 11 is 0. The van der Waals surface area contributed by atoms with E-state index in [-0.39, 0.29) is 11.6 Å². The van der Waals surface area contributed by atoms with Gasteiger partial charge in [-0.2, -0.15) is 0 Å². The molecule has 1 aromatic rings. The van der Waals surface area contributed by atoms with E-state index < -0.39 is 11.8 Å². The normalized spacial score (nSPS) is 21.4. The quantitative estimate of drug-likeness (QED) is 0.536. The van der Waals surface area contributed by atoms with Gasteiger partial charge in [0.1, 0.15) is 0 Å². The van der Waals surface area contributed by atoms with E-state index in [1.54, 1.807) is 12.1 Å². The van der Waals surface area contributed by atoms with Crippen LogP contribution in [0, 0.1) is 11.8 Å². The predicted molar refractivity (Wildman–Crippen MR) is 112 cm³/mol. The molecule has 28 heavy (non-hydrogen) atoms. The molecule has 0 fully saturated rings. The zero-order valence-electron chi connectivity index (χ0n) is 17.4. The summed E-state index contributed by atoms with van der Waals surface area (Å²) in [5, 5.41) is 6.59. The molecule has 5 heteroatoms. The first kappa shape index (κ1) is 20.3. The molecule has 2 atom stereocenters. The minimum atomic E-state index is -0.466. The lowest BCUT2D eigenvalue weighted by molar-refractivity contribution is -0.906. The molecule has 150 valence electrons. The molecule has 0 aromatic heterocycles. The number of hydrogen-bond acceptors (Lipinski definition) is 4. The molecule has 0 saturated heterocycles. The van der Waals surface area contributed by atoms with Crippen LogP contribution in [-0.2, 0) is 0 Å². The molecule has 1 aromatic carbocycles. The second-order valence-corrected chi connectivity index (χ2v) is 7.98. The Balaban J connectivity index is 1.80. The van der Waals surface area contributed by atoms with Crippen molar-refractivity contribution in [3.63, 3.8) is 0 Å². The van der Waals surface area contributed by atoms with Gasteiger partial charge in [0.25, 0.3) is 0 Å². The van der Waals surface area contributed by atoms with E-state index in [0.29, 0.717) is 11.1 Å². The highest BCUT2D eigenvalue weighted by atomic mass is 16.1. The number of quaternary nitrogens is 1. The molecule has 0 radical (unpaired) electrons. The number of nitrogens with one attached hydrogen (secondary N) is 2. The molecular weight excluding hydrogens is 350 g/mol. The van der Waals surface area contributed by atoms with Crippen molar-refractivity contribution >= 4 is 11.6 Å². The summed E-state index contributed by atoms with van der Waals surface area (Å²) in [6, 6.07) is 7.18. The number of carbonyl (C=O) groups is 2. The molecule has 0 aliphatic heterocycles. The minimum Gasteiger partial charge on any atom is -0.391 e. The Morgan fingerprint density at radius 2 is 1.46 bits per heavy atom. The summed E-state index contributed by atoms with van der Waals surface area (Å²) in [5.74, 6) is -0.878. The monoisotopic (exact) mass is 382 g/mol. The number of rotatable bonds is 8. The summed E-state index contributed by atoms with van der Waals surface area (Å²) < 4.78 is 1.04. The Morgan fingerprint density at radius 3 is 2.00 bits per heavy atom. The first-order valence-corrected chi connectivity index (χ1v) is 10.3. The Morgan fingerprint density at radius 1 is 0.929 bits per heavy atom. The van der Waals surface area contributed by atoms with Gasteiger partial charge in [-0.05, 0) is 26.0 Å². The number of benzene rings is 1. The average molecular weight is 383 g/mol. The van der Waals surface area contributed by atoms with Crippen molar-refractivity contribution in [2.75, 3.05) is 40.3 Å². The summed E-state index contributed by atoms with van der Waals surface area (Å²) in [6.45, 7) is 8.56. The lowest BCUT2D eigenvalue weighted by Crippen LogP contribution is -2.46. The van der Waals surface area contributed by atoms with Crippen LogP contribution in [0.15, 0.2) is 47.8 Å². The second kappa shape index (κ2) is 8.31. The molecule has 5 nitrogen and oxygen atoms in total. The average Bonchev–Trinajstić information content (AvgIpc) is 2.74. The Hall–Kier alpha value is -2.40. The van der Waals surface area contributed by atoms with E-state index in [1.807, 2.05) is 31.3 Å². The van der Waals surface area contributed by atoms with Crippen LogP contribution in [0.5, 0.6) is 0 Å². The van der Waals surface area contributed by atoms with Crippen molar-refractivity contribution < 1.29 is 14.1 Å². The minimum absolute atomic E-state index is 0.0226. The van der Waals surface area contributed by atoms with Gasteiger partial charge in [-0.25, -0.2) is 0 Å². The van der Waals surface area contributed by atoms with Gasteiger partial charge >= 0.3 is 0 Å². The van der Waals surface area contributed by atoms with E-state index >= 15 is 0 Å². The Labute approximate surface area is 168 Å². The van der Waals surface area contributed by atoms with Crippen molar-refractivity contribution in [2.45, 2.75) is 20.3 Å². The van der Waals surface area contributed by atoms with Crippen LogP contribution in [-0.4, -0.2) is 56.3 Å². The molecule has 2 aliphatic rings. The van der Waals surface area contributed by atoms with Crippen LogP contribution in [0.3, 0.4) is 0 Å². The highest BCUT2D eigenvalue weighted by molar-refractivity contribution is 6.18. The number of carbonyl (C=O) groups excluding carboxylic acids is 2. The van der Waals surface area contributed by atoms with Crippen LogP contribution in [0.25, 0.3) is 0 Å². The van der Waals surface area contributed by atoms with Crippen LogP contribution < -0.4 is 10.6 Å². The second-order valence-electron chi connectivity index (χ2n) is 7.98. The summed E-state index contributed by atoms with van der Waals surface area (Å²) in [5.41, 5.74) is 2.75. The van der Waals surface area contributed by atoms with Gasteiger partial charge in [0, 0.05) is 42.5 Å². The van der Waals surface area contributed by atoms with Crippen LogP contribution in [0.1, 0.15) is 41.0 Å². The first-order valence-electron chi connectivity index (χ1n) is 10.3. The van der Waals surface area contributed by atoms with E-state index in [2.05, 4.69) is 31.5 Å². The smallest absolute Gasteiger partial charge is 0.173 e. The maximum absolute atomic E-state index is 13.3.